The lowest BCUT2D eigenvalue weighted by atomic mass is 10.1. The highest BCUT2D eigenvalue weighted by molar-refractivity contribution is 6.46. The number of urea groups is 1. The van der Waals surface area contributed by atoms with Gasteiger partial charge in [-0.25, -0.2) is 14.5 Å². The smallest absolute Gasteiger partial charge is 0.336 e. The minimum atomic E-state index is -1.09. The van der Waals surface area contributed by atoms with Gasteiger partial charge in [0, 0.05) is 17.6 Å². The van der Waals surface area contributed by atoms with Gasteiger partial charge in [-0.15, -0.1) is 0 Å². The molecule has 0 aliphatic carbocycles. The lowest BCUT2D eigenvalue weighted by Gasteiger charge is -2.27. The minimum Gasteiger partial charge on any atom is -0.478 e. The second-order valence-electron chi connectivity index (χ2n) is 6.69. The third kappa shape index (κ3) is 3.77. The first-order valence-electron chi connectivity index (χ1n) is 9.14. The number of carbonyl (C=O) groups excluding carboxylic acids is 3. The Balaban J connectivity index is 1.77. The Labute approximate surface area is 191 Å². The summed E-state index contributed by atoms with van der Waals surface area (Å²) >= 11 is 12.2. The third-order valence-electron chi connectivity index (χ3n) is 4.72. The molecule has 0 spiro atoms. The highest BCUT2D eigenvalue weighted by atomic mass is 35.5. The highest BCUT2D eigenvalue weighted by Gasteiger charge is 2.38. The number of rotatable bonds is 4. The van der Waals surface area contributed by atoms with Gasteiger partial charge in [-0.1, -0.05) is 35.3 Å². The normalized spacial score (nSPS) is 15.2. The Morgan fingerprint density at radius 2 is 1.75 bits per heavy atom. The summed E-state index contributed by atoms with van der Waals surface area (Å²) in [5.74, 6) is -2.84. The van der Waals surface area contributed by atoms with E-state index >= 15 is 0 Å². The summed E-state index contributed by atoms with van der Waals surface area (Å²) in [4.78, 5) is 50.0. The summed E-state index contributed by atoms with van der Waals surface area (Å²) in [6.07, 6.45) is 2.96. The van der Waals surface area contributed by atoms with Crippen molar-refractivity contribution in [2.24, 2.45) is 0 Å². The van der Waals surface area contributed by atoms with Crippen molar-refractivity contribution in [2.45, 2.75) is 0 Å². The molecule has 32 heavy (non-hydrogen) atoms. The number of aromatic carboxylic acids is 1. The Morgan fingerprint density at radius 3 is 2.50 bits per heavy atom. The van der Waals surface area contributed by atoms with E-state index in [-0.39, 0.29) is 26.9 Å². The molecule has 160 valence electrons. The number of hydrogen-bond acceptors (Lipinski definition) is 4. The summed E-state index contributed by atoms with van der Waals surface area (Å²) in [5.41, 5.74) is 0.724. The van der Waals surface area contributed by atoms with Gasteiger partial charge in [-0.2, -0.15) is 0 Å². The number of nitrogens with one attached hydrogen (secondary N) is 1. The molecule has 3 aromatic rings. The predicted molar refractivity (Wildman–Crippen MR) is 118 cm³/mol. The molecule has 0 radical (unpaired) electrons. The summed E-state index contributed by atoms with van der Waals surface area (Å²) < 4.78 is 1.60. The molecule has 1 fully saturated rings. The zero-order valence-electron chi connectivity index (χ0n) is 16.1. The molecule has 2 N–H and O–H groups in total. The van der Waals surface area contributed by atoms with Crippen molar-refractivity contribution in [2.75, 3.05) is 4.90 Å². The van der Waals surface area contributed by atoms with Crippen LogP contribution in [0.4, 0.5) is 10.5 Å². The average Bonchev–Trinajstić information content (AvgIpc) is 3.22. The largest absolute Gasteiger partial charge is 0.478 e. The number of anilines is 1. The van der Waals surface area contributed by atoms with E-state index in [9.17, 15) is 24.3 Å². The number of nitrogens with zero attached hydrogens (tertiary/aromatic N) is 2. The molecule has 1 saturated heterocycles. The monoisotopic (exact) mass is 469 g/mol. The molecule has 4 rings (SSSR count). The molecule has 0 saturated carbocycles. The van der Waals surface area contributed by atoms with Gasteiger partial charge in [0.2, 0.25) is 0 Å². The number of carbonyl (C=O) groups is 4. The van der Waals surface area contributed by atoms with Crippen LogP contribution in [0.2, 0.25) is 10.0 Å². The number of barbiturate groups is 1. The van der Waals surface area contributed by atoms with Gasteiger partial charge < -0.3 is 9.67 Å². The van der Waals surface area contributed by atoms with Crippen LogP contribution in [-0.2, 0) is 9.59 Å². The van der Waals surface area contributed by atoms with Crippen LogP contribution in [0.5, 0.6) is 0 Å². The molecule has 1 aromatic heterocycles. The average molecular weight is 470 g/mol. The summed E-state index contributed by atoms with van der Waals surface area (Å²) in [6, 6.07) is 13.0. The number of carboxylic acids is 1. The molecule has 0 atom stereocenters. The fourth-order valence-corrected chi connectivity index (χ4v) is 3.60. The standard InChI is InChI=1S/C22H13Cl2N3O5/c23-16-7-2-8-17(18(16)24)27-20(29)15(19(28)25-22(27)32)11-14-6-3-9-26(14)13-5-1-4-12(10-13)21(30)31/h1-11H,(H,30,31)(H,25,28,32)/b15-11-. The summed E-state index contributed by atoms with van der Waals surface area (Å²) in [7, 11) is 0. The first-order chi connectivity index (χ1) is 15.3. The Hall–Kier alpha value is -3.88. The van der Waals surface area contributed by atoms with Crippen LogP contribution in [0, 0.1) is 0 Å². The molecule has 0 unspecified atom stereocenters. The van der Waals surface area contributed by atoms with E-state index in [1.807, 2.05) is 0 Å². The maximum Gasteiger partial charge on any atom is 0.336 e. The van der Waals surface area contributed by atoms with Crippen LogP contribution >= 0.6 is 23.2 Å². The minimum absolute atomic E-state index is 0.0137. The van der Waals surface area contributed by atoms with Gasteiger partial charge in [0.25, 0.3) is 11.8 Å². The van der Waals surface area contributed by atoms with Crippen molar-refractivity contribution in [1.82, 2.24) is 9.88 Å². The van der Waals surface area contributed by atoms with Crippen molar-refractivity contribution < 1.29 is 24.3 Å². The molecule has 2 aromatic carbocycles. The number of aromatic nitrogens is 1. The number of carboxylic acid groups (broad SMARTS) is 1. The van der Waals surface area contributed by atoms with Crippen molar-refractivity contribution in [3.8, 4) is 5.69 Å². The first-order valence-corrected chi connectivity index (χ1v) is 9.90. The van der Waals surface area contributed by atoms with E-state index in [1.165, 1.54) is 36.4 Å². The van der Waals surface area contributed by atoms with Crippen molar-refractivity contribution >= 4 is 58.8 Å². The van der Waals surface area contributed by atoms with E-state index in [2.05, 4.69) is 5.32 Å². The molecule has 0 bridgehead atoms. The van der Waals surface area contributed by atoms with E-state index in [0.29, 0.717) is 11.4 Å². The predicted octanol–water partition coefficient (Wildman–Crippen LogP) is 4.15. The fourth-order valence-electron chi connectivity index (χ4n) is 3.22. The van der Waals surface area contributed by atoms with Crippen LogP contribution in [0.1, 0.15) is 16.1 Å². The van der Waals surface area contributed by atoms with E-state index in [0.717, 1.165) is 4.90 Å². The third-order valence-corrected chi connectivity index (χ3v) is 5.53. The number of amides is 4. The number of imide groups is 2. The molecule has 10 heteroatoms. The number of hydrogen-bond donors (Lipinski definition) is 2. The maximum atomic E-state index is 13.1. The molecule has 8 nitrogen and oxygen atoms in total. The lowest BCUT2D eigenvalue weighted by molar-refractivity contribution is -0.122. The maximum absolute atomic E-state index is 13.1. The van der Waals surface area contributed by atoms with Gasteiger partial charge in [0.15, 0.2) is 0 Å². The summed E-state index contributed by atoms with van der Waals surface area (Å²) in [6.45, 7) is 0. The number of halogens is 2. The molecule has 2 heterocycles. The van der Waals surface area contributed by atoms with E-state index in [4.69, 9.17) is 23.2 Å². The molecule has 1 aliphatic rings. The Kier molecular flexibility index (Phi) is 5.56. The van der Waals surface area contributed by atoms with Crippen LogP contribution in [0.15, 0.2) is 66.4 Å². The van der Waals surface area contributed by atoms with Gasteiger partial charge in [-0.05, 0) is 48.5 Å². The number of benzene rings is 2. The van der Waals surface area contributed by atoms with Gasteiger partial charge in [0.1, 0.15) is 5.57 Å². The Bertz CT molecular complexity index is 1330. The van der Waals surface area contributed by atoms with Crippen molar-refractivity contribution in [1.29, 1.82) is 0 Å². The zero-order valence-corrected chi connectivity index (χ0v) is 17.6. The zero-order chi connectivity index (χ0) is 23.0. The van der Waals surface area contributed by atoms with Crippen molar-refractivity contribution in [3.05, 3.63) is 87.7 Å². The van der Waals surface area contributed by atoms with Gasteiger partial charge in [-0.3, -0.25) is 14.9 Å². The highest BCUT2D eigenvalue weighted by Crippen LogP contribution is 2.34. The van der Waals surface area contributed by atoms with E-state index < -0.39 is 23.8 Å². The topological polar surface area (TPSA) is 109 Å². The molecular formula is C22H13Cl2N3O5. The Morgan fingerprint density at radius 1 is 1.00 bits per heavy atom. The second kappa shape index (κ2) is 8.33. The second-order valence-corrected chi connectivity index (χ2v) is 7.47. The molecular weight excluding hydrogens is 457 g/mol. The molecule has 4 amide bonds. The molecule has 1 aliphatic heterocycles. The summed E-state index contributed by atoms with van der Waals surface area (Å²) in [5, 5.41) is 11.5. The first kappa shape index (κ1) is 21.4. The van der Waals surface area contributed by atoms with Crippen LogP contribution in [0.25, 0.3) is 11.8 Å². The SMILES string of the molecule is O=C1NC(=O)N(c2cccc(Cl)c2Cl)C(=O)/C1=C\c1cccn1-c1cccc(C(=O)O)c1. The van der Waals surface area contributed by atoms with E-state index in [1.54, 1.807) is 35.0 Å². The quantitative estimate of drug-likeness (QED) is 0.440. The van der Waals surface area contributed by atoms with Crippen LogP contribution in [-0.4, -0.2) is 33.5 Å². The van der Waals surface area contributed by atoms with Crippen LogP contribution in [0.3, 0.4) is 0 Å². The van der Waals surface area contributed by atoms with Crippen LogP contribution < -0.4 is 10.2 Å². The lowest BCUT2D eigenvalue weighted by Crippen LogP contribution is -2.54. The van der Waals surface area contributed by atoms with Gasteiger partial charge in [0.05, 0.1) is 21.3 Å². The van der Waals surface area contributed by atoms with Gasteiger partial charge >= 0.3 is 12.0 Å². The fraction of sp³-hybridized carbons (Fsp3) is 0. The van der Waals surface area contributed by atoms with Crippen molar-refractivity contribution in [3.63, 3.8) is 0 Å².